The van der Waals surface area contributed by atoms with E-state index < -0.39 is 0 Å². The van der Waals surface area contributed by atoms with E-state index in [1.54, 1.807) is 0 Å². The fraction of sp³-hybridized carbons (Fsp3) is 0.538. The average molecular weight is 239 g/mol. The molecule has 0 amide bonds. The number of hydrogen-bond acceptors (Lipinski definition) is 2. The SMILES string of the molecule is CC1CC(N)CCN1Cc1ccccc1Cl. The molecule has 2 atom stereocenters. The number of piperidine rings is 1. The number of rotatable bonds is 2. The molecule has 0 radical (unpaired) electrons. The summed E-state index contributed by atoms with van der Waals surface area (Å²) in [5.74, 6) is 0. The molecule has 1 saturated heterocycles. The second kappa shape index (κ2) is 5.17. The van der Waals surface area contributed by atoms with Gasteiger partial charge in [-0.3, -0.25) is 4.90 Å². The highest BCUT2D eigenvalue weighted by Crippen LogP contribution is 2.22. The van der Waals surface area contributed by atoms with Crippen LogP contribution in [0.1, 0.15) is 25.3 Å². The molecule has 0 bridgehead atoms. The zero-order valence-corrected chi connectivity index (χ0v) is 10.5. The fourth-order valence-corrected chi connectivity index (χ4v) is 2.53. The van der Waals surface area contributed by atoms with Crippen molar-refractivity contribution in [2.24, 2.45) is 5.73 Å². The zero-order chi connectivity index (χ0) is 11.5. The Hall–Kier alpha value is -0.570. The van der Waals surface area contributed by atoms with Crippen LogP contribution in [0.3, 0.4) is 0 Å². The normalized spacial score (nSPS) is 26.9. The first-order valence-electron chi connectivity index (χ1n) is 5.90. The minimum atomic E-state index is 0.373. The van der Waals surface area contributed by atoms with E-state index in [1.807, 2.05) is 18.2 Å². The maximum absolute atomic E-state index is 6.17. The summed E-state index contributed by atoms with van der Waals surface area (Å²) >= 11 is 6.17. The van der Waals surface area contributed by atoms with E-state index >= 15 is 0 Å². The third-order valence-electron chi connectivity index (χ3n) is 3.39. The van der Waals surface area contributed by atoms with Crippen LogP contribution in [0, 0.1) is 0 Å². The third kappa shape index (κ3) is 2.76. The lowest BCUT2D eigenvalue weighted by Gasteiger charge is -2.36. The maximum Gasteiger partial charge on any atom is 0.0451 e. The maximum atomic E-state index is 6.17. The van der Waals surface area contributed by atoms with Gasteiger partial charge in [0.25, 0.3) is 0 Å². The van der Waals surface area contributed by atoms with Crippen LogP contribution in [-0.4, -0.2) is 23.5 Å². The van der Waals surface area contributed by atoms with Crippen molar-refractivity contribution in [2.45, 2.75) is 38.4 Å². The fourth-order valence-electron chi connectivity index (χ4n) is 2.34. The van der Waals surface area contributed by atoms with E-state index in [0.29, 0.717) is 12.1 Å². The predicted molar refractivity (Wildman–Crippen MR) is 68.5 cm³/mol. The second-order valence-electron chi connectivity index (χ2n) is 4.70. The van der Waals surface area contributed by atoms with Crippen molar-refractivity contribution in [1.29, 1.82) is 0 Å². The van der Waals surface area contributed by atoms with Gasteiger partial charge in [0.1, 0.15) is 0 Å². The number of benzene rings is 1. The van der Waals surface area contributed by atoms with Gasteiger partial charge in [-0.2, -0.15) is 0 Å². The van der Waals surface area contributed by atoms with Gasteiger partial charge < -0.3 is 5.73 Å². The molecule has 3 heteroatoms. The standard InChI is InChI=1S/C13H19ClN2/c1-10-8-12(15)6-7-16(10)9-11-4-2-3-5-13(11)14/h2-5,10,12H,6-9,15H2,1H3. The second-order valence-corrected chi connectivity index (χ2v) is 5.10. The van der Waals surface area contributed by atoms with Crippen LogP contribution < -0.4 is 5.73 Å². The van der Waals surface area contributed by atoms with Crippen molar-refractivity contribution in [2.75, 3.05) is 6.54 Å². The molecule has 2 nitrogen and oxygen atoms in total. The highest BCUT2D eigenvalue weighted by atomic mass is 35.5. The van der Waals surface area contributed by atoms with Crippen molar-refractivity contribution in [3.05, 3.63) is 34.9 Å². The number of hydrogen-bond donors (Lipinski definition) is 1. The molecule has 0 spiro atoms. The van der Waals surface area contributed by atoms with E-state index in [1.165, 1.54) is 5.56 Å². The van der Waals surface area contributed by atoms with Crippen LogP contribution in [0.4, 0.5) is 0 Å². The Labute approximate surface area is 102 Å². The lowest BCUT2D eigenvalue weighted by Crippen LogP contribution is -2.44. The van der Waals surface area contributed by atoms with Crippen LogP contribution in [-0.2, 0) is 6.54 Å². The van der Waals surface area contributed by atoms with Gasteiger partial charge in [-0.1, -0.05) is 29.8 Å². The van der Waals surface area contributed by atoms with Crippen LogP contribution >= 0.6 is 11.6 Å². The lowest BCUT2D eigenvalue weighted by atomic mass is 9.98. The minimum Gasteiger partial charge on any atom is -0.328 e. The van der Waals surface area contributed by atoms with Crippen molar-refractivity contribution in [1.82, 2.24) is 4.90 Å². The van der Waals surface area contributed by atoms with Crippen molar-refractivity contribution in [3.8, 4) is 0 Å². The Morgan fingerprint density at radius 1 is 1.44 bits per heavy atom. The zero-order valence-electron chi connectivity index (χ0n) is 9.70. The van der Waals surface area contributed by atoms with Gasteiger partial charge in [-0.05, 0) is 31.4 Å². The van der Waals surface area contributed by atoms with Gasteiger partial charge in [0.05, 0.1) is 0 Å². The van der Waals surface area contributed by atoms with Gasteiger partial charge in [0.15, 0.2) is 0 Å². The monoisotopic (exact) mass is 238 g/mol. The van der Waals surface area contributed by atoms with E-state index in [0.717, 1.165) is 31.0 Å². The van der Waals surface area contributed by atoms with Crippen molar-refractivity contribution in [3.63, 3.8) is 0 Å². The first kappa shape index (κ1) is 11.9. The van der Waals surface area contributed by atoms with Gasteiger partial charge in [-0.15, -0.1) is 0 Å². The summed E-state index contributed by atoms with van der Waals surface area (Å²) < 4.78 is 0. The molecule has 88 valence electrons. The van der Waals surface area contributed by atoms with E-state index in [2.05, 4.69) is 17.9 Å². The van der Waals surface area contributed by atoms with Crippen LogP contribution in [0.5, 0.6) is 0 Å². The summed E-state index contributed by atoms with van der Waals surface area (Å²) in [6.45, 7) is 4.26. The largest absolute Gasteiger partial charge is 0.328 e. The Kier molecular flexibility index (Phi) is 3.85. The molecule has 0 saturated carbocycles. The quantitative estimate of drug-likeness (QED) is 0.859. The number of likely N-dealkylation sites (tertiary alicyclic amines) is 1. The minimum absolute atomic E-state index is 0.373. The molecule has 1 fully saturated rings. The highest BCUT2D eigenvalue weighted by molar-refractivity contribution is 6.31. The van der Waals surface area contributed by atoms with E-state index in [4.69, 9.17) is 17.3 Å². The molecule has 1 aliphatic heterocycles. The molecule has 1 aromatic carbocycles. The molecule has 2 N–H and O–H groups in total. The van der Waals surface area contributed by atoms with E-state index in [-0.39, 0.29) is 0 Å². The van der Waals surface area contributed by atoms with Crippen molar-refractivity contribution >= 4 is 11.6 Å². The molecule has 1 aromatic rings. The topological polar surface area (TPSA) is 29.3 Å². The van der Waals surface area contributed by atoms with Crippen LogP contribution in [0.25, 0.3) is 0 Å². The van der Waals surface area contributed by atoms with Gasteiger partial charge in [-0.25, -0.2) is 0 Å². The van der Waals surface area contributed by atoms with Crippen LogP contribution in [0.15, 0.2) is 24.3 Å². The first-order chi connectivity index (χ1) is 7.66. The third-order valence-corrected chi connectivity index (χ3v) is 3.75. The summed E-state index contributed by atoms with van der Waals surface area (Å²) in [7, 11) is 0. The number of halogens is 1. The lowest BCUT2D eigenvalue weighted by molar-refractivity contribution is 0.140. The van der Waals surface area contributed by atoms with Crippen molar-refractivity contribution < 1.29 is 0 Å². The summed E-state index contributed by atoms with van der Waals surface area (Å²) in [6.07, 6.45) is 2.18. The summed E-state index contributed by atoms with van der Waals surface area (Å²) in [4.78, 5) is 2.46. The number of nitrogens with two attached hydrogens (primary N) is 1. The highest BCUT2D eigenvalue weighted by Gasteiger charge is 2.23. The number of nitrogens with zero attached hydrogens (tertiary/aromatic N) is 1. The summed E-state index contributed by atoms with van der Waals surface area (Å²) in [5, 5.41) is 0.865. The molecule has 2 unspecified atom stereocenters. The smallest absolute Gasteiger partial charge is 0.0451 e. The Morgan fingerprint density at radius 2 is 2.19 bits per heavy atom. The summed E-state index contributed by atoms with van der Waals surface area (Å²) in [6, 6.07) is 9.00. The molecular formula is C13H19ClN2. The Morgan fingerprint density at radius 3 is 2.88 bits per heavy atom. The van der Waals surface area contributed by atoms with Crippen LogP contribution in [0.2, 0.25) is 5.02 Å². The molecule has 2 rings (SSSR count). The molecule has 0 aromatic heterocycles. The predicted octanol–water partition coefficient (Wildman–Crippen LogP) is 2.65. The molecule has 1 heterocycles. The van der Waals surface area contributed by atoms with E-state index in [9.17, 15) is 0 Å². The Bertz CT molecular complexity index is 354. The molecule has 0 aliphatic carbocycles. The molecule has 16 heavy (non-hydrogen) atoms. The van der Waals surface area contributed by atoms with Gasteiger partial charge in [0.2, 0.25) is 0 Å². The van der Waals surface area contributed by atoms with Gasteiger partial charge >= 0.3 is 0 Å². The molecule has 1 aliphatic rings. The average Bonchev–Trinajstić information content (AvgIpc) is 2.25. The van der Waals surface area contributed by atoms with Gasteiger partial charge in [0, 0.05) is 30.2 Å². The molecular weight excluding hydrogens is 220 g/mol. The first-order valence-corrected chi connectivity index (χ1v) is 6.27. The Balaban J connectivity index is 2.02. The summed E-state index contributed by atoms with van der Waals surface area (Å²) in [5.41, 5.74) is 7.17.